The van der Waals surface area contributed by atoms with Crippen LogP contribution in [0.5, 0.6) is 0 Å². The van der Waals surface area contributed by atoms with E-state index in [1.165, 1.54) is 0 Å². The second kappa shape index (κ2) is 5.89. The van der Waals surface area contributed by atoms with Crippen molar-refractivity contribution in [1.29, 1.82) is 0 Å². The lowest BCUT2D eigenvalue weighted by Gasteiger charge is -2.17. The summed E-state index contributed by atoms with van der Waals surface area (Å²) in [7, 11) is 2.00. The summed E-state index contributed by atoms with van der Waals surface area (Å²) in [6.45, 7) is 6.13. The molecule has 0 bridgehead atoms. The van der Waals surface area contributed by atoms with Gasteiger partial charge >= 0.3 is 0 Å². The normalized spacial score (nSPS) is 22.3. The highest BCUT2D eigenvalue weighted by molar-refractivity contribution is 8.38. The molecule has 0 N–H and O–H groups in total. The van der Waals surface area contributed by atoms with Crippen molar-refractivity contribution in [3.63, 3.8) is 0 Å². The molecule has 0 aliphatic carbocycles. The Kier molecular flexibility index (Phi) is 6.05. The predicted molar refractivity (Wildman–Crippen MR) is 66.0 cm³/mol. The number of hydrogen-bond acceptors (Lipinski definition) is 3. The van der Waals surface area contributed by atoms with Gasteiger partial charge in [-0.1, -0.05) is 57.0 Å². The summed E-state index contributed by atoms with van der Waals surface area (Å²) >= 11 is 11.7. The van der Waals surface area contributed by atoms with Crippen LogP contribution in [0.2, 0.25) is 0 Å². The molecule has 1 aliphatic rings. The van der Waals surface area contributed by atoms with Crippen molar-refractivity contribution in [1.82, 2.24) is 4.90 Å². The van der Waals surface area contributed by atoms with Crippen molar-refractivity contribution in [2.45, 2.75) is 33.2 Å². The van der Waals surface area contributed by atoms with E-state index >= 15 is 0 Å². The zero-order valence-electron chi connectivity index (χ0n) is 7.96. The van der Waals surface area contributed by atoms with Crippen LogP contribution in [0.25, 0.3) is 0 Å². The fourth-order valence-corrected chi connectivity index (χ4v) is 2.97. The number of rotatable bonds is 1. The summed E-state index contributed by atoms with van der Waals surface area (Å²) < 4.78 is 1.94. The second-order valence-corrected chi connectivity index (χ2v) is 4.60. The van der Waals surface area contributed by atoms with Gasteiger partial charge in [0, 0.05) is 7.05 Å². The predicted octanol–water partition coefficient (Wildman–Crippen LogP) is 3.08. The van der Waals surface area contributed by atoms with E-state index in [0.717, 1.165) is 14.9 Å². The number of thiocarbonyl (C=S) groups is 2. The van der Waals surface area contributed by atoms with Crippen LogP contribution < -0.4 is 0 Å². The molecule has 0 aromatic rings. The van der Waals surface area contributed by atoms with Gasteiger partial charge in [-0.2, -0.15) is 0 Å². The average Bonchev–Trinajstić information content (AvgIpc) is 2.31. The van der Waals surface area contributed by atoms with Gasteiger partial charge in [0.05, 0.1) is 10.2 Å². The van der Waals surface area contributed by atoms with Crippen LogP contribution in [0.1, 0.15) is 27.2 Å². The van der Waals surface area contributed by atoms with Gasteiger partial charge in [0.25, 0.3) is 0 Å². The van der Waals surface area contributed by atoms with Crippen molar-refractivity contribution in [3.8, 4) is 0 Å². The summed E-state index contributed by atoms with van der Waals surface area (Å²) in [5.74, 6) is 0. The summed E-state index contributed by atoms with van der Waals surface area (Å²) in [6, 6.07) is 0.396. The Bertz CT molecular complexity index is 179. The first-order valence-corrected chi connectivity index (χ1v) is 5.78. The largest absolute Gasteiger partial charge is 0.352 e. The van der Waals surface area contributed by atoms with Gasteiger partial charge in [0.15, 0.2) is 0 Å². The van der Waals surface area contributed by atoms with E-state index in [-0.39, 0.29) is 0 Å². The molecule has 0 aromatic heterocycles. The van der Waals surface area contributed by atoms with Gasteiger partial charge in [-0.15, -0.1) is 0 Å². The van der Waals surface area contributed by atoms with E-state index in [0.29, 0.717) is 6.04 Å². The number of thioether (sulfide) groups is 1. The molecule has 0 saturated carbocycles. The highest BCUT2D eigenvalue weighted by atomic mass is 32.2. The van der Waals surface area contributed by atoms with Crippen LogP contribution in [0.15, 0.2) is 0 Å². The van der Waals surface area contributed by atoms with Crippen molar-refractivity contribution in [2.75, 3.05) is 7.05 Å². The maximum atomic E-state index is 5.13. The van der Waals surface area contributed by atoms with E-state index < -0.39 is 0 Å². The lowest BCUT2D eigenvalue weighted by Crippen LogP contribution is -2.29. The molecule has 0 spiro atoms. The summed E-state index contributed by atoms with van der Waals surface area (Å²) in [4.78, 5) is 2.07. The first-order chi connectivity index (χ1) is 5.66. The SMILES string of the molecule is CC.CCC1C(=S)SC(=S)N1C. The number of nitrogens with zero attached hydrogens (tertiary/aromatic N) is 1. The minimum atomic E-state index is 0.396. The van der Waals surface area contributed by atoms with Crippen LogP contribution >= 0.6 is 36.2 Å². The fraction of sp³-hybridized carbons (Fsp3) is 0.750. The molecule has 12 heavy (non-hydrogen) atoms. The smallest absolute Gasteiger partial charge is 0.142 e. The van der Waals surface area contributed by atoms with Gasteiger partial charge in [0.2, 0.25) is 0 Å². The molecule has 1 unspecified atom stereocenters. The molecule has 1 fully saturated rings. The molecule has 0 radical (unpaired) electrons. The monoisotopic (exact) mass is 221 g/mol. The first kappa shape index (κ1) is 12.3. The molecule has 1 rings (SSSR count). The quantitative estimate of drug-likeness (QED) is 0.626. The molecular formula is C8H15NS3. The summed E-state index contributed by atoms with van der Waals surface area (Å²) in [5, 5.41) is 0. The van der Waals surface area contributed by atoms with Crippen molar-refractivity contribution >= 4 is 44.7 Å². The molecule has 0 amide bonds. The van der Waals surface area contributed by atoms with Crippen LogP contribution in [-0.2, 0) is 0 Å². The van der Waals surface area contributed by atoms with Crippen molar-refractivity contribution in [3.05, 3.63) is 0 Å². The van der Waals surface area contributed by atoms with Gasteiger partial charge < -0.3 is 4.90 Å². The Hall–Kier alpha value is 0.330. The molecule has 1 nitrogen and oxygen atoms in total. The Morgan fingerprint density at radius 1 is 1.42 bits per heavy atom. The second-order valence-electron chi connectivity index (χ2n) is 2.22. The third-order valence-electron chi connectivity index (χ3n) is 1.60. The minimum absolute atomic E-state index is 0.396. The van der Waals surface area contributed by atoms with Crippen LogP contribution in [-0.4, -0.2) is 26.5 Å². The Morgan fingerprint density at radius 3 is 2.08 bits per heavy atom. The molecule has 1 saturated heterocycles. The van der Waals surface area contributed by atoms with E-state index in [1.54, 1.807) is 11.8 Å². The van der Waals surface area contributed by atoms with Gasteiger partial charge in [-0.05, 0) is 6.42 Å². The maximum Gasteiger partial charge on any atom is 0.142 e. The maximum absolute atomic E-state index is 5.13. The molecular weight excluding hydrogens is 206 g/mol. The highest BCUT2D eigenvalue weighted by Gasteiger charge is 2.28. The van der Waals surface area contributed by atoms with E-state index in [1.807, 2.05) is 20.9 Å². The van der Waals surface area contributed by atoms with Crippen molar-refractivity contribution < 1.29 is 0 Å². The molecule has 70 valence electrons. The molecule has 1 heterocycles. The van der Waals surface area contributed by atoms with E-state index in [2.05, 4.69) is 11.8 Å². The zero-order valence-corrected chi connectivity index (χ0v) is 10.4. The zero-order chi connectivity index (χ0) is 9.72. The number of hydrogen-bond donors (Lipinski definition) is 0. The van der Waals surface area contributed by atoms with E-state index in [9.17, 15) is 0 Å². The minimum Gasteiger partial charge on any atom is -0.352 e. The lowest BCUT2D eigenvalue weighted by molar-refractivity contribution is 0.464. The van der Waals surface area contributed by atoms with Crippen molar-refractivity contribution in [2.24, 2.45) is 0 Å². The Balaban J connectivity index is 0.000000561. The molecule has 0 aromatic carbocycles. The van der Waals surface area contributed by atoms with Crippen LogP contribution in [0.4, 0.5) is 0 Å². The topological polar surface area (TPSA) is 3.24 Å². The van der Waals surface area contributed by atoms with E-state index in [4.69, 9.17) is 24.4 Å². The molecule has 1 aliphatic heterocycles. The fourth-order valence-electron chi connectivity index (χ4n) is 0.952. The summed E-state index contributed by atoms with van der Waals surface area (Å²) in [6.07, 6.45) is 1.06. The van der Waals surface area contributed by atoms with Gasteiger partial charge in [-0.3, -0.25) is 0 Å². The highest BCUT2D eigenvalue weighted by Crippen LogP contribution is 2.27. The van der Waals surface area contributed by atoms with Gasteiger partial charge in [0.1, 0.15) is 4.32 Å². The summed E-state index contributed by atoms with van der Waals surface area (Å²) in [5.41, 5.74) is 0. The lowest BCUT2D eigenvalue weighted by atomic mass is 10.2. The Labute approximate surface area is 89.9 Å². The molecule has 1 atom stereocenters. The third-order valence-corrected chi connectivity index (χ3v) is 3.60. The third kappa shape index (κ3) is 2.68. The first-order valence-electron chi connectivity index (χ1n) is 4.15. The standard InChI is InChI=1S/C6H9NS3.C2H6/c1-3-4-5(8)10-6(9)7(4)2;1-2/h4H,3H2,1-2H3;1-2H3. The van der Waals surface area contributed by atoms with Gasteiger partial charge in [-0.25, -0.2) is 0 Å². The Morgan fingerprint density at radius 2 is 1.92 bits per heavy atom. The van der Waals surface area contributed by atoms with Crippen LogP contribution in [0, 0.1) is 0 Å². The average molecular weight is 221 g/mol. The van der Waals surface area contributed by atoms with Crippen LogP contribution in [0.3, 0.4) is 0 Å². The molecule has 4 heteroatoms.